The summed E-state index contributed by atoms with van der Waals surface area (Å²) in [6.45, 7) is 1.89. The number of primary amides is 1. The molecule has 126 valence electrons. The number of sulfonamides is 1. The van der Waals surface area contributed by atoms with Crippen LogP contribution in [-0.4, -0.2) is 38.3 Å². The largest absolute Gasteiger partial charge is 0.465 e. The molecule has 5 N–H and O–H groups in total. The van der Waals surface area contributed by atoms with E-state index >= 15 is 0 Å². The van der Waals surface area contributed by atoms with E-state index in [0.717, 1.165) is 0 Å². The molecule has 1 saturated heterocycles. The van der Waals surface area contributed by atoms with Gasteiger partial charge in [-0.15, -0.1) is 0 Å². The summed E-state index contributed by atoms with van der Waals surface area (Å²) < 4.78 is 31.8. The molecule has 1 heterocycles. The van der Waals surface area contributed by atoms with Crippen LogP contribution in [0, 0.1) is 0 Å². The van der Waals surface area contributed by atoms with Crippen LogP contribution in [0.1, 0.15) is 23.7 Å². The summed E-state index contributed by atoms with van der Waals surface area (Å²) in [6, 6.07) is 4.98. The van der Waals surface area contributed by atoms with Crippen LogP contribution in [0.2, 0.25) is 0 Å². The molecular formula is C13H18N4O5S. The van der Waals surface area contributed by atoms with E-state index in [2.05, 4.69) is 15.6 Å². The summed E-state index contributed by atoms with van der Waals surface area (Å²) in [4.78, 5) is 22.6. The third kappa shape index (κ3) is 4.18. The van der Waals surface area contributed by atoms with Crippen molar-refractivity contribution in [3.63, 3.8) is 0 Å². The van der Waals surface area contributed by atoms with Crippen LogP contribution in [-0.2, 0) is 19.6 Å². The van der Waals surface area contributed by atoms with Crippen LogP contribution in [0.15, 0.2) is 24.3 Å². The monoisotopic (exact) mass is 342 g/mol. The highest BCUT2D eigenvalue weighted by molar-refractivity contribution is 7.93. The van der Waals surface area contributed by atoms with Crippen LogP contribution >= 0.6 is 0 Å². The number of rotatable bonds is 6. The van der Waals surface area contributed by atoms with E-state index in [0.29, 0.717) is 0 Å². The Balaban J connectivity index is 2.02. The number of esters is 1. The van der Waals surface area contributed by atoms with E-state index < -0.39 is 33.3 Å². The molecule has 1 fully saturated rings. The molecule has 10 heteroatoms. The first-order valence-corrected chi connectivity index (χ1v) is 8.47. The van der Waals surface area contributed by atoms with Crippen LogP contribution in [0.5, 0.6) is 0 Å². The first kappa shape index (κ1) is 17.2. The van der Waals surface area contributed by atoms with Gasteiger partial charge in [-0.25, -0.2) is 19.3 Å². The SMILES string of the molecule is CCOC(=O)C1CC(S(=O)(=O)Nc2ccc(C(N)=O)cc2)NN1. The lowest BCUT2D eigenvalue weighted by Gasteiger charge is -2.13. The molecule has 1 amide bonds. The van der Waals surface area contributed by atoms with E-state index in [1.54, 1.807) is 6.92 Å². The van der Waals surface area contributed by atoms with Gasteiger partial charge in [-0.1, -0.05) is 0 Å². The van der Waals surface area contributed by atoms with Crippen LogP contribution in [0.25, 0.3) is 0 Å². The van der Waals surface area contributed by atoms with E-state index in [4.69, 9.17) is 10.5 Å². The molecule has 9 nitrogen and oxygen atoms in total. The van der Waals surface area contributed by atoms with Gasteiger partial charge in [0.05, 0.1) is 6.61 Å². The first-order chi connectivity index (χ1) is 10.8. The number of nitrogens with one attached hydrogen (secondary N) is 3. The van der Waals surface area contributed by atoms with Crippen molar-refractivity contribution in [3.05, 3.63) is 29.8 Å². The second-order valence-corrected chi connectivity index (χ2v) is 6.77. The smallest absolute Gasteiger partial charge is 0.324 e. The fourth-order valence-corrected chi connectivity index (χ4v) is 3.34. The van der Waals surface area contributed by atoms with Crippen molar-refractivity contribution in [2.45, 2.75) is 24.8 Å². The zero-order valence-electron chi connectivity index (χ0n) is 12.4. The second-order valence-electron chi connectivity index (χ2n) is 4.91. The summed E-state index contributed by atoms with van der Waals surface area (Å²) in [5.41, 5.74) is 10.8. The number of benzene rings is 1. The highest BCUT2D eigenvalue weighted by Gasteiger charge is 2.37. The van der Waals surface area contributed by atoms with Crippen LogP contribution < -0.4 is 21.3 Å². The average Bonchev–Trinajstić information content (AvgIpc) is 2.98. The molecule has 2 rings (SSSR count). The number of carbonyl (C=O) groups is 2. The molecular weight excluding hydrogens is 324 g/mol. The molecule has 1 aromatic rings. The van der Waals surface area contributed by atoms with Gasteiger partial charge in [-0.05, 0) is 31.2 Å². The Labute approximate surface area is 133 Å². The third-order valence-corrected chi connectivity index (χ3v) is 4.82. The Morgan fingerprint density at radius 3 is 2.52 bits per heavy atom. The Morgan fingerprint density at radius 1 is 1.30 bits per heavy atom. The number of nitrogens with two attached hydrogens (primary N) is 1. The standard InChI is InChI=1S/C13H18N4O5S/c1-2-22-13(19)10-7-11(16-15-10)23(20,21)17-9-5-3-8(4-6-9)12(14)18/h3-6,10-11,15-17H,2,7H2,1H3,(H2,14,18). The van der Waals surface area contributed by atoms with Gasteiger partial charge in [0, 0.05) is 17.7 Å². The number of ether oxygens (including phenoxy) is 1. The zero-order valence-corrected chi connectivity index (χ0v) is 13.2. The summed E-state index contributed by atoms with van der Waals surface area (Å²) in [6.07, 6.45) is 0.0353. The lowest BCUT2D eigenvalue weighted by Crippen LogP contribution is -2.41. The molecule has 2 unspecified atom stereocenters. The Bertz CT molecular complexity index is 689. The number of hydrogen-bond donors (Lipinski definition) is 4. The summed E-state index contributed by atoms with van der Waals surface area (Å²) in [5.74, 6) is -1.11. The molecule has 23 heavy (non-hydrogen) atoms. The van der Waals surface area contributed by atoms with Crippen molar-refractivity contribution in [1.29, 1.82) is 0 Å². The summed E-state index contributed by atoms with van der Waals surface area (Å²) in [7, 11) is -3.78. The molecule has 0 aliphatic carbocycles. The molecule has 0 aromatic heterocycles. The number of amides is 1. The summed E-state index contributed by atoms with van der Waals surface area (Å²) >= 11 is 0. The number of hydrazine groups is 1. The summed E-state index contributed by atoms with van der Waals surface area (Å²) in [5, 5.41) is -0.993. The van der Waals surface area contributed by atoms with Gasteiger partial charge < -0.3 is 10.5 Å². The molecule has 0 radical (unpaired) electrons. The molecule has 0 bridgehead atoms. The first-order valence-electron chi connectivity index (χ1n) is 6.92. The van der Waals surface area contributed by atoms with Gasteiger partial charge >= 0.3 is 5.97 Å². The van der Waals surface area contributed by atoms with E-state index in [1.165, 1.54) is 24.3 Å². The topological polar surface area (TPSA) is 140 Å². The van der Waals surface area contributed by atoms with E-state index in [9.17, 15) is 18.0 Å². The maximum absolute atomic E-state index is 12.3. The van der Waals surface area contributed by atoms with Gasteiger partial charge in [0.15, 0.2) is 0 Å². The van der Waals surface area contributed by atoms with Crippen molar-refractivity contribution in [2.75, 3.05) is 11.3 Å². The number of hydrogen-bond acceptors (Lipinski definition) is 7. The van der Waals surface area contributed by atoms with Gasteiger partial charge in [0.25, 0.3) is 0 Å². The fraction of sp³-hybridized carbons (Fsp3) is 0.385. The van der Waals surface area contributed by atoms with E-state index in [-0.39, 0.29) is 24.3 Å². The van der Waals surface area contributed by atoms with Crippen molar-refractivity contribution in [2.24, 2.45) is 5.73 Å². The highest BCUT2D eigenvalue weighted by Crippen LogP contribution is 2.17. The van der Waals surface area contributed by atoms with Crippen molar-refractivity contribution in [1.82, 2.24) is 10.9 Å². The van der Waals surface area contributed by atoms with Gasteiger partial charge in [-0.3, -0.25) is 14.3 Å². The Morgan fingerprint density at radius 2 is 1.96 bits per heavy atom. The van der Waals surface area contributed by atoms with E-state index in [1.807, 2.05) is 0 Å². The fourth-order valence-electron chi connectivity index (χ4n) is 2.07. The molecule has 1 aromatic carbocycles. The Hall–Kier alpha value is -2.17. The van der Waals surface area contributed by atoms with Crippen molar-refractivity contribution in [3.8, 4) is 0 Å². The zero-order chi connectivity index (χ0) is 17.0. The number of anilines is 1. The highest BCUT2D eigenvalue weighted by atomic mass is 32.2. The van der Waals surface area contributed by atoms with Crippen molar-refractivity contribution >= 4 is 27.6 Å². The number of carbonyl (C=O) groups excluding carboxylic acids is 2. The maximum Gasteiger partial charge on any atom is 0.324 e. The molecule has 0 spiro atoms. The molecule has 0 saturated carbocycles. The average molecular weight is 342 g/mol. The maximum atomic E-state index is 12.3. The minimum absolute atomic E-state index is 0.0353. The molecule has 1 aliphatic rings. The minimum atomic E-state index is -3.78. The molecule has 2 atom stereocenters. The van der Waals surface area contributed by atoms with Gasteiger partial charge in [0.1, 0.15) is 11.4 Å². The van der Waals surface area contributed by atoms with Crippen LogP contribution in [0.3, 0.4) is 0 Å². The molecule has 1 aliphatic heterocycles. The van der Waals surface area contributed by atoms with Crippen LogP contribution in [0.4, 0.5) is 5.69 Å². The minimum Gasteiger partial charge on any atom is -0.465 e. The van der Waals surface area contributed by atoms with Gasteiger partial charge in [-0.2, -0.15) is 0 Å². The predicted octanol–water partition coefficient (Wildman–Crippen LogP) is -0.717. The quantitative estimate of drug-likeness (QED) is 0.500. The van der Waals surface area contributed by atoms with Crippen molar-refractivity contribution < 1.29 is 22.7 Å². The third-order valence-electron chi connectivity index (χ3n) is 3.24. The van der Waals surface area contributed by atoms with Gasteiger partial charge in [0.2, 0.25) is 15.9 Å². The second kappa shape index (κ2) is 6.94. The predicted molar refractivity (Wildman–Crippen MR) is 82.6 cm³/mol. The normalized spacial score (nSPS) is 20.9. The Kier molecular flexibility index (Phi) is 5.19. The lowest BCUT2D eigenvalue weighted by molar-refractivity contribution is -0.145. The lowest BCUT2D eigenvalue weighted by atomic mass is 10.2.